The minimum atomic E-state index is -0.741. The fraction of sp³-hybridized carbons (Fsp3) is 0.200. The topological polar surface area (TPSA) is 86.3 Å². The number of halogens is 2. The Morgan fingerprint density at radius 3 is 2.33 bits per heavy atom. The average molecular weight is 411 g/mol. The van der Waals surface area contributed by atoms with Gasteiger partial charge in [-0.2, -0.15) is 0 Å². The van der Waals surface area contributed by atoms with Gasteiger partial charge in [-0.25, -0.2) is 13.6 Å². The molecule has 1 fully saturated rings. The summed E-state index contributed by atoms with van der Waals surface area (Å²) in [5, 5.41) is 14.1. The van der Waals surface area contributed by atoms with Crippen LogP contribution in [0.3, 0.4) is 0 Å². The molecular weight excluding hydrogens is 392 g/mol. The summed E-state index contributed by atoms with van der Waals surface area (Å²) in [6, 6.07) is 9.90. The van der Waals surface area contributed by atoms with Crippen molar-refractivity contribution in [1.29, 1.82) is 0 Å². The quantitative estimate of drug-likeness (QED) is 0.686. The summed E-state index contributed by atoms with van der Waals surface area (Å²) in [6.07, 6.45) is 3.38. The standard InChI is InChI=1S/C20H19F2N7O/c21-14-10-15(22)12-17(11-14)25-20(30)29-8-6-28(7-9-29)19-4-3-18(26-27-19)24-16-2-1-5-23-13-16/h1-5,10-13H,6-9H2,(H,24,26)(H,25,30). The van der Waals surface area contributed by atoms with Gasteiger partial charge < -0.3 is 20.4 Å². The van der Waals surface area contributed by atoms with Crippen molar-refractivity contribution < 1.29 is 13.6 Å². The number of urea groups is 1. The maximum absolute atomic E-state index is 13.3. The van der Waals surface area contributed by atoms with Crippen molar-refractivity contribution in [2.24, 2.45) is 0 Å². The van der Waals surface area contributed by atoms with E-state index in [2.05, 4.69) is 25.8 Å². The van der Waals surface area contributed by atoms with Gasteiger partial charge in [-0.1, -0.05) is 0 Å². The Morgan fingerprint density at radius 1 is 0.933 bits per heavy atom. The molecule has 0 unspecified atom stereocenters. The molecule has 1 aliphatic rings. The normalized spacial score (nSPS) is 13.8. The van der Waals surface area contributed by atoms with Crippen LogP contribution in [0.15, 0.2) is 54.9 Å². The Kier molecular flexibility index (Phi) is 5.64. The predicted molar refractivity (Wildman–Crippen MR) is 109 cm³/mol. The lowest BCUT2D eigenvalue weighted by Crippen LogP contribution is -2.50. The maximum atomic E-state index is 13.3. The zero-order valence-electron chi connectivity index (χ0n) is 15.9. The number of nitrogens with zero attached hydrogens (tertiary/aromatic N) is 5. The Labute approximate surface area is 171 Å². The molecule has 0 aliphatic carbocycles. The highest BCUT2D eigenvalue weighted by Crippen LogP contribution is 2.18. The van der Waals surface area contributed by atoms with Crippen LogP contribution in [0.1, 0.15) is 0 Å². The number of rotatable bonds is 4. The van der Waals surface area contributed by atoms with Crippen molar-refractivity contribution >= 4 is 29.0 Å². The number of carbonyl (C=O) groups excluding carboxylic acids is 1. The SMILES string of the molecule is O=C(Nc1cc(F)cc(F)c1)N1CCN(c2ccc(Nc3cccnc3)nn2)CC1. The number of aromatic nitrogens is 3. The van der Waals surface area contributed by atoms with Gasteiger partial charge in [0.05, 0.1) is 11.9 Å². The number of pyridine rings is 1. The molecule has 1 aliphatic heterocycles. The van der Waals surface area contributed by atoms with Crippen LogP contribution >= 0.6 is 0 Å². The third-order valence-electron chi connectivity index (χ3n) is 4.59. The molecule has 2 amide bonds. The first-order chi connectivity index (χ1) is 14.6. The molecule has 8 nitrogen and oxygen atoms in total. The van der Waals surface area contributed by atoms with Crippen molar-refractivity contribution in [2.75, 3.05) is 41.7 Å². The lowest BCUT2D eigenvalue weighted by atomic mass is 10.3. The van der Waals surface area contributed by atoms with Gasteiger partial charge in [-0.3, -0.25) is 4.98 Å². The zero-order valence-corrected chi connectivity index (χ0v) is 15.9. The van der Waals surface area contributed by atoms with Gasteiger partial charge in [0.2, 0.25) is 0 Å². The number of piperazine rings is 1. The molecule has 154 valence electrons. The Balaban J connectivity index is 1.31. The number of nitrogens with one attached hydrogen (secondary N) is 2. The molecule has 1 saturated heterocycles. The summed E-state index contributed by atoms with van der Waals surface area (Å²) in [5.41, 5.74) is 0.903. The Bertz CT molecular complexity index is 989. The molecule has 2 aromatic heterocycles. The van der Waals surface area contributed by atoms with E-state index >= 15 is 0 Å². The van der Waals surface area contributed by atoms with Crippen LogP contribution in [0.4, 0.5) is 36.6 Å². The molecule has 3 aromatic rings. The molecule has 0 radical (unpaired) electrons. The van der Waals surface area contributed by atoms with E-state index in [1.807, 2.05) is 29.2 Å². The van der Waals surface area contributed by atoms with Gasteiger partial charge in [0, 0.05) is 44.1 Å². The minimum absolute atomic E-state index is 0.0856. The Morgan fingerprint density at radius 2 is 1.70 bits per heavy atom. The number of carbonyl (C=O) groups is 1. The van der Waals surface area contributed by atoms with E-state index < -0.39 is 17.7 Å². The molecule has 0 bridgehead atoms. The maximum Gasteiger partial charge on any atom is 0.321 e. The number of anilines is 4. The molecule has 3 heterocycles. The molecule has 0 saturated carbocycles. The summed E-state index contributed by atoms with van der Waals surface area (Å²) in [7, 11) is 0. The van der Waals surface area contributed by atoms with Gasteiger partial charge in [0.25, 0.3) is 0 Å². The average Bonchev–Trinajstić information content (AvgIpc) is 2.74. The van der Waals surface area contributed by atoms with E-state index in [1.165, 1.54) is 0 Å². The summed E-state index contributed by atoms with van der Waals surface area (Å²) in [4.78, 5) is 20.0. The largest absolute Gasteiger partial charge is 0.352 e. The summed E-state index contributed by atoms with van der Waals surface area (Å²) in [5.74, 6) is -0.170. The summed E-state index contributed by atoms with van der Waals surface area (Å²) < 4.78 is 26.6. The minimum Gasteiger partial charge on any atom is -0.352 e. The van der Waals surface area contributed by atoms with Crippen LogP contribution in [0, 0.1) is 11.6 Å². The monoisotopic (exact) mass is 411 g/mol. The Hall–Kier alpha value is -3.82. The molecule has 4 rings (SSSR count). The van der Waals surface area contributed by atoms with Gasteiger partial charge in [0.15, 0.2) is 11.6 Å². The number of hydrogen-bond donors (Lipinski definition) is 2. The third-order valence-corrected chi connectivity index (χ3v) is 4.59. The second-order valence-electron chi connectivity index (χ2n) is 6.71. The highest BCUT2D eigenvalue weighted by atomic mass is 19.1. The summed E-state index contributed by atoms with van der Waals surface area (Å²) >= 11 is 0. The first-order valence-corrected chi connectivity index (χ1v) is 9.34. The zero-order chi connectivity index (χ0) is 20.9. The van der Waals surface area contributed by atoms with E-state index in [1.54, 1.807) is 17.3 Å². The van der Waals surface area contributed by atoms with Crippen molar-refractivity contribution in [2.45, 2.75) is 0 Å². The number of amides is 2. The van der Waals surface area contributed by atoms with Crippen molar-refractivity contribution in [3.63, 3.8) is 0 Å². The second kappa shape index (κ2) is 8.68. The van der Waals surface area contributed by atoms with Crippen LogP contribution in [0.5, 0.6) is 0 Å². The smallest absolute Gasteiger partial charge is 0.321 e. The van der Waals surface area contributed by atoms with Crippen LogP contribution in [0.25, 0.3) is 0 Å². The van der Waals surface area contributed by atoms with Gasteiger partial charge in [0.1, 0.15) is 11.6 Å². The molecule has 1 aromatic carbocycles. The van der Waals surface area contributed by atoms with Gasteiger partial charge in [-0.15, -0.1) is 10.2 Å². The fourth-order valence-electron chi connectivity index (χ4n) is 3.11. The molecule has 30 heavy (non-hydrogen) atoms. The first-order valence-electron chi connectivity index (χ1n) is 9.34. The molecule has 0 spiro atoms. The van der Waals surface area contributed by atoms with E-state index in [9.17, 15) is 13.6 Å². The highest BCUT2D eigenvalue weighted by molar-refractivity contribution is 5.89. The lowest BCUT2D eigenvalue weighted by Gasteiger charge is -2.35. The molecule has 0 atom stereocenters. The van der Waals surface area contributed by atoms with Crippen LogP contribution < -0.4 is 15.5 Å². The van der Waals surface area contributed by atoms with Crippen LogP contribution in [-0.2, 0) is 0 Å². The van der Waals surface area contributed by atoms with Crippen molar-refractivity contribution in [3.8, 4) is 0 Å². The van der Waals surface area contributed by atoms with Gasteiger partial charge >= 0.3 is 6.03 Å². The number of hydrogen-bond acceptors (Lipinski definition) is 6. The van der Waals surface area contributed by atoms with Gasteiger partial charge in [-0.05, 0) is 36.4 Å². The molecule has 10 heteroatoms. The highest BCUT2D eigenvalue weighted by Gasteiger charge is 2.22. The second-order valence-corrected chi connectivity index (χ2v) is 6.71. The predicted octanol–water partition coefficient (Wildman–Crippen LogP) is 3.25. The van der Waals surface area contributed by atoms with E-state index in [-0.39, 0.29) is 5.69 Å². The van der Waals surface area contributed by atoms with E-state index in [0.717, 1.165) is 23.9 Å². The van der Waals surface area contributed by atoms with Crippen LogP contribution in [-0.4, -0.2) is 52.3 Å². The van der Waals surface area contributed by atoms with Crippen molar-refractivity contribution in [3.05, 3.63) is 66.5 Å². The van der Waals surface area contributed by atoms with E-state index in [4.69, 9.17) is 0 Å². The van der Waals surface area contributed by atoms with Crippen molar-refractivity contribution in [1.82, 2.24) is 20.1 Å². The molecule has 2 N–H and O–H groups in total. The fourth-order valence-corrected chi connectivity index (χ4v) is 3.11. The van der Waals surface area contributed by atoms with Crippen LogP contribution in [0.2, 0.25) is 0 Å². The number of benzene rings is 1. The third kappa shape index (κ3) is 4.77. The first kappa shape index (κ1) is 19.5. The van der Waals surface area contributed by atoms with E-state index in [0.29, 0.717) is 37.8 Å². The lowest BCUT2D eigenvalue weighted by molar-refractivity contribution is 0.208. The summed E-state index contributed by atoms with van der Waals surface area (Å²) in [6.45, 7) is 2.02. The molecular formula is C20H19F2N7O.